The Labute approximate surface area is 127 Å². The van der Waals surface area contributed by atoms with E-state index < -0.39 is 0 Å². The highest BCUT2D eigenvalue weighted by atomic mass is 35.5. The lowest BCUT2D eigenvalue weighted by Gasteiger charge is -2.11. The number of ether oxygens (including phenoxy) is 1. The summed E-state index contributed by atoms with van der Waals surface area (Å²) in [5, 5.41) is 9.56. The van der Waals surface area contributed by atoms with E-state index in [4.69, 9.17) is 39.4 Å². The molecule has 3 N–H and O–H groups in total. The number of aliphatic hydroxyl groups excluding tert-OH is 1. The van der Waals surface area contributed by atoms with Gasteiger partial charge in [0.15, 0.2) is 0 Å². The number of aliphatic hydroxyl groups is 1. The van der Waals surface area contributed by atoms with Crippen molar-refractivity contribution in [2.24, 2.45) is 5.73 Å². The first kappa shape index (κ1) is 14.8. The van der Waals surface area contributed by atoms with E-state index in [2.05, 4.69) is 0 Å². The fraction of sp³-hybridized carbons (Fsp3) is 0.133. The molecular weight excluding hydrogens is 294 g/mol. The summed E-state index contributed by atoms with van der Waals surface area (Å²) in [4.78, 5) is 0.271. The molecule has 0 fully saturated rings. The van der Waals surface area contributed by atoms with Gasteiger partial charge in [0.05, 0.1) is 12.2 Å². The molecule has 0 radical (unpaired) electrons. The molecule has 0 aliphatic carbocycles. The Kier molecular flexibility index (Phi) is 4.95. The lowest BCUT2D eigenvalue weighted by Crippen LogP contribution is -2.11. The van der Waals surface area contributed by atoms with Crippen LogP contribution in [-0.4, -0.2) is 10.1 Å². The zero-order chi connectivity index (χ0) is 14.5. The van der Waals surface area contributed by atoms with Gasteiger partial charge in [-0.15, -0.1) is 0 Å². The summed E-state index contributed by atoms with van der Waals surface area (Å²) in [6.07, 6.45) is 0. The van der Waals surface area contributed by atoms with Crippen molar-refractivity contribution in [2.45, 2.75) is 13.2 Å². The fourth-order valence-corrected chi connectivity index (χ4v) is 2.05. The van der Waals surface area contributed by atoms with Crippen LogP contribution in [-0.2, 0) is 13.2 Å². The smallest absolute Gasteiger partial charge is 0.131 e. The van der Waals surface area contributed by atoms with Crippen molar-refractivity contribution in [1.29, 1.82) is 0 Å². The molecule has 0 aliphatic heterocycles. The summed E-state index contributed by atoms with van der Waals surface area (Å²) >= 11 is 10.9. The number of rotatable bonds is 5. The monoisotopic (exact) mass is 307 g/mol. The van der Waals surface area contributed by atoms with Crippen LogP contribution in [0, 0.1) is 0 Å². The first-order valence-electron chi connectivity index (χ1n) is 6.01. The topological polar surface area (TPSA) is 55.5 Å². The van der Waals surface area contributed by atoms with Crippen LogP contribution in [0.5, 0.6) is 5.75 Å². The number of thiocarbonyl (C=S) groups is 1. The van der Waals surface area contributed by atoms with Crippen LogP contribution in [0.2, 0.25) is 5.02 Å². The predicted molar refractivity (Wildman–Crippen MR) is 84.0 cm³/mol. The largest absolute Gasteiger partial charge is 0.488 e. The van der Waals surface area contributed by atoms with Crippen LogP contribution in [0.1, 0.15) is 16.7 Å². The van der Waals surface area contributed by atoms with Gasteiger partial charge in [0.2, 0.25) is 0 Å². The van der Waals surface area contributed by atoms with Gasteiger partial charge in [-0.1, -0.05) is 48.1 Å². The Bertz CT molecular complexity index is 614. The van der Waals surface area contributed by atoms with Crippen molar-refractivity contribution >= 4 is 28.8 Å². The molecule has 0 amide bonds. The predicted octanol–water partition coefficient (Wildman–Crippen LogP) is 3.05. The van der Waals surface area contributed by atoms with Gasteiger partial charge in [0.1, 0.15) is 17.3 Å². The van der Waals surface area contributed by atoms with E-state index in [0.717, 1.165) is 11.1 Å². The molecule has 5 heteroatoms. The molecule has 0 aromatic heterocycles. The molecule has 2 aromatic carbocycles. The third kappa shape index (κ3) is 3.70. The molecule has 0 aliphatic rings. The number of hydrogen-bond donors (Lipinski definition) is 2. The molecule has 2 aromatic rings. The highest BCUT2D eigenvalue weighted by molar-refractivity contribution is 7.80. The van der Waals surface area contributed by atoms with Crippen LogP contribution in [0.15, 0.2) is 42.5 Å². The van der Waals surface area contributed by atoms with Gasteiger partial charge in [-0.3, -0.25) is 0 Å². The van der Waals surface area contributed by atoms with Crippen molar-refractivity contribution in [2.75, 3.05) is 0 Å². The second-order valence-electron chi connectivity index (χ2n) is 4.27. The van der Waals surface area contributed by atoms with Crippen LogP contribution in [0.25, 0.3) is 0 Å². The maximum atomic E-state index is 8.99. The molecule has 2 rings (SSSR count). The second-order valence-corrected chi connectivity index (χ2v) is 5.14. The minimum atomic E-state index is 0.0288. The van der Waals surface area contributed by atoms with Crippen molar-refractivity contribution in [1.82, 2.24) is 0 Å². The maximum absolute atomic E-state index is 8.99. The van der Waals surface area contributed by atoms with Crippen molar-refractivity contribution in [3.05, 3.63) is 64.2 Å². The van der Waals surface area contributed by atoms with E-state index in [1.807, 2.05) is 24.3 Å². The summed E-state index contributed by atoms with van der Waals surface area (Å²) in [6, 6.07) is 12.7. The zero-order valence-electron chi connectivity index (χ0n) is 10.7. The van der Waals surface area contributed by atoms with E-state index in [1.165, 1.54) is 0 Å². The van der Waals surface area contributed by atoms with Gasteiger partial charge in [0.25, 0.3) is 0 Å². The van der Waals surface area contributed by atoms with Gasteiger partial charge < -0.3 is 15.6 Å². The number of benzene rings is 2. The van der Waals surface area contributed by atoms with Crippen LogP contribution < -0.4 is 10.5 Å². The third-order valence-electron chi connectivity index (χ3n) is 2.81. The van der Waals surface area contributed by atoms with Gasteiger partial charge in [0, 0.05) is 5.02 Å². The first-order valence-corrected chi connectivity index (χ1v) is 6.79. The first-order chi connectivity index (χ1) is 9.60. The molecular formula is C15H14ClNO2S. The molecule has 104 valence electrons. The Morgan fingerprint density at radius 2 is 1.80 bits per heavy atom. The summed E-state index contributed by atoms with van der Waals surface area (Å²) in [7, 11) is 0. The fourth-order valence-electron chi connectivity index (χ4n) is 1.72. The van der Waals surface area contributed by atoms with Gasteiger partial charge in [-0.05, 0) is 29.3 Å². The quantitative estimate of drug-likeness (QED) is 0.834. The number of halogens is 1. The van der Waals surface area contributed by atoms with E-state index in [-0.39, 0.29) is 11.6 Å². The van der Waals surface area contributed by atoms with E-state index in [1.54, 1.807) is 18.2 Å². The standard InChI is InChI=1S/C15H14ClNO2S/c16-12-5-6-13(15(17)20)14(7-12)19-9-11-3-1-10(8-18)2-4-11/h1-7,18H,8-9H2,(H2,17,20). The molecule has 0 bridgehead atoms. The summed E-state index contributed by atoms with van der Waals surface area (Å²) in [6.45, 7) is 0.405. The highest BCUT2D eigenvalue weighted by Crippen LogP contribution is 2.24. The second kappa shape index (κ2) is 6.70. The van der Waals surface area contributed by atoms with Gasteiger partial charge >= 0.3 is 0 Å². The van der Waals surface area contributed by atoms with Crippen molar-refractivity contribution < 1.29 is 9.84 Å². The van der Waals surface area contributed by atoms with E-state index in [9.17, 15) is 0 Å². The molecule has 20 heavy (non-hydrogen) atoms. The molecule has 0 spiro atoms. The molecule has 0 atom stereocenters. The number of hydrogen-bond acceptors (Lipinski definition) is 3. The summed E-state index contributed by atoms with van der Waals surface area (Å²) in [5.74, 6) is 0.566. The average Bonchev–Trinajstić information content (AvgIpc) is 2.45. The minimum absolute atomic E-state index is 0.0288. The highest BCUT2D eigenvalue weighted by Gasteiger charge is 2.07. The molecule has 0 saturated carbocycles. The lowest BCUT2D eigenvalue weighted by molar-refractivity contribution is 0.281. The van der Waals surface area contributed by atoms with Crippen LogP contribution in [0.4, 0.5) is 0 Å². The van der Waals surface area contributed by atoms with E-state index in [0.29, 0.717) is 22.9 Å². The number of nitrogens with two attached hydrogens (primary N) is 1. The zero-order valence-corrected chi connectivity index (χ0v) is 12.2. The Morgan fingerprint density at radius 3 is 2.40 bits per heavy atom. The third-order valence-corrected chi connectivity index (χ3v) is 3.26. The lowest BCUT2D eigenvalue weighted by atomic mass is 10.1. The van der Waals surface area contributed by atoms with E-state index >= 15 is 0 Å². The van der Waals surface area contributed by atoms with Crippen molar-refractivity contribution in [3.8, 4) is 5.75 Å². The summed E-state index contributed by atoms with van der Waals surface area (Å²) in [5.41, 5.74) is 8.16. The Balaban J connectivity index is 2.13. The maximum Gasteiger partial charge on any atom is 0.131 e. The van der Waals surface area contributed by atoms with Gasteiger partial charge in [-0.25, -0.2) is 0 Å². The van der Waals surface area contributed by atoms with Crippen LogP contribution >= 0.6 is 23.8 Å². The molecule has 0 saturated heterocycles. The molecule has 0 heterocycles. The summed E-state index contributed by atoms with van der Waals surface area (Å²) < 4.78 is 5.72. The van der Waals surface area contributed by atoms with Gasteiger partial charge in [-0.2, -0.15) is 0 Å². The SMILES string of the molecule is NC(=S)c1ccc(Cl)cc1OCc1ccc(CO)cc1. The molecule has 3 nitrogen and oxygen atoms in total. The van der Waals surface area contributed by atoms with Crippen molar-refractivity contribution in [3.63, 3.8) is 0 Å². The minimum Gasteiger partial charge on any atom is -0.488 e. The normalized spacial score (nSPS) is 10.3. The Hall–Kier alpha value is -1.62. The molecule has 0 unspecified atom stereocenters. The van der Waals surface area contributed by atoms with Crippen LogP contribution in [0.3, 0.4) is 0 Å². The average molecular weight is 308 g/mol. The Morgan fingerprint density at radius 1 is 1.15 bits per heavy atom.